The molecule has 0 atom stereocenters. The largest absolute Gasteiger partial charge is 0.376 e. The predicted octanol–water partition coefficient (Wildman–Crippen LogP) is 2.45. The molecule has 2 aromatic rings. The van der Waals surface area contributed by atoms with Crippen molar-refractivity contribution in [1.29, 1.82) is 0 Å². The van der Waals surface area contributed by atoms with Crippen molar-refractivity contribution in [2.24, 2.45) is 5.84 Å². The molecule has 0 aliphatic heterocycles. The summed E-state index contributed by atoms with van der Waals surface area (Å²) >= 11 is 3.30. The van der Waals surface area contributed by atoms with Gasteiger partial charge < -0.3 is 15.6 Å². The summed E-state index contributed by atoms with van der Waals surface area (Å²) in [6.07, 6.45) is 1.57. The standard InChI is InChI=1S/C14H16BrN5O/c1-20(2)12-6-4-3-5-11(12)18-14(21)10-7-9(15)8-17-13(10)19-16/h3-8H,16H2,1-2H3,(H,17,19)(H,18,21). The average molecular weight is 350 g/mol. The lowest BCUT2D eigenvalue weighted by Crippen LogP contribution is -2.20. The maximum absolute atomic E-state index is 12.4. The number of para-hydroxylation sites is 2. The lowest BCUT2D eigenvalue weighted by Gasteiger charge is -2.18. The Bertz CT molecular complexity index is 660. The molecule has 1 heterocycles. The number of hydrogen-bond donors (Lipinski definition) is 3. The normalized spacial score (nSPS) is 10.1. The molecule has 6 nitrogen and oxygen atoms in total. The van der Waals surface area contributed by atoms with E-state index in [1.165, 1.54) is 0 Å². The molecule has 0 aliphatic rings. The Kier molecular flexibility index (Phi) is 4.77. The number of pyridine rings is 1. The summed E-state index contributed by atoms with van der Waals surface area (Å²) in [6, 6.07) is 9.21. The maximum atomic E-state index is 12.4. The topological polar surface area (TPSA) is 83.3 Å². The molecule has 1 aromatic heterocycles. The minimum absolute atomic E-state index is 0.286. The molecule has 4 N–H and O–H groups in total. The Balaban J connectivity index is 2.33. The molecule has 21 heavy (non-hydrogen) atoms. The fourth-order valence-electron chi connectivity index (χ4n) is 1.89. The number of carbonyl (C=O) groups is 1. The van der Waals surface area contributed by atoms with E-state index in [1.807, 2.05) is 43.3 Å². The number of halogens is 1. The highest BCUT2D eigenvalue weighted by Crippen LogP contribution is 2.25. The minimum atomic E-state index is -0.286. The SMILES string of the molecule is CN(C)c1ccccc1NC(=O)c1cc(Br)cnc1NN. The van der Waals surface area contributed by atoms with Gasteiger partial charge in [0.25, 0.3) is 5.91 Å². The number of hydrazine groups is 1. The van der Waals surface area contributed by atoms with E-state index in [4.69, 9.17) is 5.84 Å². The van der Waals surface area contributed by atoms with E-state index in [0.717, 1.165) is 11.4 Å². The van der Waals surface area contributed by atoms with Gasteiger partial charge in [-0.05, 0) is 34.1 Å². The zero-order valence-corrected chi connectivity index (χ0v) is 13.3. The molecular formula is C14H16BrN5O. The number of anilines is 3. The highest BCUT2D eigenvalue weighted by Gasteiger charge is 2.15. The maximum Gasteiger partial charge on any atom is 0.259 e. The second-order valence-electron chi connectivity index (χ2n) is 4.56. The fraction of sp³-hybridized carbons (Fsp3) is 0.143. The summed E-state index contributed by atoms with van der Waals surface area (Å²) in [4.78, 5) is 18.4. The number of carbonyl (C=O) groups excluding carboxylic acids is 1. The first-order valence-electron chi connectivity index (χ1n) is 6.22. The van der Waals surface area contributed by atoms with Crippen molar-refractivity contribution in [3.63, 3.8) is 0 Å². The van der Waals surface area contributed by atoms with Crippen LogP contribution < -0.4 is 21.5 Å². The van der Waals surface area contributed by atoms with Gasteiger partial charge in [0.15, 0.2) is 5.82 Å². The second kappa shape index (κ2) is 6.55. The summed E-state index contributed by atoms with van der Waals surface area (Å²) in [5.41, 5.74) is 4.42. The number of hydrogen-bond acceptors (Lipinski definition) is 5. The number of nitrogen functional groups attached to an aromatic ring is 1. The number of benzene rings is 1. The highest BCUT2D eigenvalue weighted by atomic mass is 79.9. The van der Waals surface area contributed by atoms with E-state index in [2.05, 4.69) is 31.7 Å². The molecule has 0 spiro atoms. The van der Waals surface area contributed by atoms with Crippen LogP contribution in [0.5, 0.6) is 0 Å². The molecule has 7 heteroatoms. The van der Waals surface area contributed by atoms with Gasteiger partial charge in [0, 0.05) is 24.8 Å². The van der Waals surface area contributed by atoms with E-state index in [9.17, 15) is 4.79 Å². The van der Waals surface area contributed by atoms with Gasteiger partial charge in [-0.1, -0.05) is 12.1 Å². The molecule has 0 radical (unpaired) electrons. The molecule has 2 rings (SSSR count). The molecule has 0 saturated carbocycles. The number of nitrogens with zero attached hydrogens (tertiary/aromatic N) is 2. The molecular weight excluding hydrogens is 334 g/mol. The van der Waals surface area contributed by atoms with Crippen molar-refractivity contribution < 1.29 is 4.79 Å². The van der Waals surface area contributed by atoms with Crippen LogP contribution in [0.25, 0.3) is 0 Å². The quantitative estimate of drug-likeness (QED) is 0.583. The third-order valence-electron chi connectivity index (χ3n) is 2.87. The van der Waals surface area contributed by atoms with Crippen molar-refractivity contribution >= 4 is 39.0 Å². The highest BCUT2D eigenvalue weighted by molar-refractivity contribution is 9.10. The van der Waals surface area contributed by atoms with Crippen molar-refractivity contribution in [3.05, 3.63) is 46.6 Å². The molecule has 0 saturated heterocycles. The smallest absolute Gasteiger partial charge is 0.259 e. The summed E-state index contributed by atoms with van der Waals surface area (Å²) in [6.45, 7) is 0. The Hall–Kier alpha value is -2.12. The third-order valence-corrected chi connectivity index (χ3v) is 3.30. The molecule has 110 valence electrons. The first-order valence-corrected chi connectivity index (χ1v) is 7.02. The van der Waals surface area contributed by atoms with Crippen LogP contribution in [0, 0.1) is 0 Å². The van der Waals surface area contributed by atoms with Gasteiger partial charge in [0.2, 0.25) is 0 Å². The van der Waals surface area contributed by atoms with Crippen LogP contribution >= 0.6 is 15.9 Å². The van der Waals surface area contributed by atoms with Crippen LogP contribution in [0.2, 0.25) is 0 Å². The van der Waals surface area contributed by atoms with Crippen LogP contribution in [0.1, 0.15) is 10.4 Å². The number of nitrogens with one attached hydrogen (secondary N) is 2. The van der Waals surface area contributed by atoms with Gasteiger partial charge in [0.05, 0.1) is 16.9 Å². The van der Waals surface area contributed by atoms with Crippen LogP contribution in [-0.2, 0) is 0 Å². The lowest BCUT2D eigenvalue weighted by molar-refractivity contribution is 0.102. The first-order chi connectivity index (χ1) is 10.0. The van der Waals surface area contributed by atoms with E-state index in [1.54, 1.807) is 12.3 Å². The first kappa shape index (κ1) is 15.3. The Morgan fingerprint density at radius 2 is 2.05 bits per heavy atom. The van der Waals surface area contributed by atoms with Gasteiger partial charge in [-0.15, -0.1) is 0 Å². The van der Waals surface area contributed by atoms with Crippen LogP contribution in [0.3, 0.4) is 0 Å². The van der Waals surface area contributed by atoms with Gasteiger partial charge in [-0.2, -0.15) is 0 Å². The average Bonchev–Trinajstić information content (AvgIpc) is 2.47. The number of amides is 1. The van der Waals surface area contributed by atoms with E-state index < -0.39 is 0 Å². The van der Waals surface area contributed by atoms with Gasteiger partial charge in [-0.25, -0.2) is 10.8 Å². The number of nitrogens with two attached hydrogens (primary N) is 1. The van der Waals surface area contributed by atoms with Gasteiger partial charge in [0.1, 0.15) is 0 Å². The number of rotatable bonds is 4. The monoisotopic (exact) mass is 349 g/mol. The number of aromatic nitrogens is 1. The summed E-state index contributed by atoms with van der Waals surface area (Å²) < 4.78 is 0.701. The summed E-state index contributed by atoms with van der Waals surface area (Å²) in [5, 5.41) is 2.87. The van der Waals surface area contributed by atoms with Crippen LogP contribution in [0.4, 0.5) is 17.2 Å². The molecule has 1 aromatic carbocycles. The zero-order chi connectivity index (χ0) is 15.4. The van der Waals surface area contributed by atoms with Crippen molar-refractivity contribution in [2.45, 2.75) is 0 Å². The van der Waals surface area contributed by atoms with E-state index >= 15 is 0 Å². The van der Waals surface area contributed by atoms with Gasteiger partial charge in [-0.3, -0.25) is 4.79 Å². The third kappa shape index (κ3) is 3.50. The molecule has 0 bridgehead atoms. The summed E-state index contributed by atoms with van der Waals surface area (Å²) in [7, 11) is 3.83. The Morgan fingerprint density at radius 1 is 1.33 bits per heavy atom. The summed E-state index contributed by atoms with van der Waals surface area (Å²) in [5.74, 6) is 5.43. The molecule has 0 unspecified atom stereocenters. The van der Waals surface area contributed by atoms with Gasteiger partial charge >= 0.3 is 0 Å². The Labute approximate surface area is 131 Å². The van der Waals surface area contributed by atoms with Crippen LogP contribution in [0.15, 0.2) is 41.0 Å². The van der Waals surface area contributed by atoms with Crippen molar-refractivity contribution in [3.8, 4) is 0 Å². The van der Waals surface area contributed by atoms with Crippen molar-refractivity contribution in [2.75, 3.05) is 29.7 Å². The Morgan fingerprint density at radius 3 is 2.71 bits per heavy atom. The molecule has 0 aliphatic carbocycles. The zero-order valence-electron chi connectivity index (χ0n) is 11.7. The molecule has 1 amide bonds. The second-order valence-corrected chi connectivity index (χ2v) is 5.48. The van der Waals surface area contributed by atoms with Crippen molar-refractivity contribution in [1.82, 2.24) is 4.98 Å². The fourth-order valence-corrected chi connectivity index (χ4v) is 2.22. The minimum Gasteiger partial charge on any atom is -0.376 e. The van der Waals surface area contributed by atoms with E-state index in [-0.39, 0.29) is 5.91 Å². The van der Waals surface area contributed by atoms with E-state index in [0.29, 0.717) is 15.9 Å². The van der Waals surface area contributed by atoms with Crippen LogP contribution in [-0.4, -0.2) is 25.0 Å². The molecule has 0 fully saturated rings. The lowest BCUT2D eigenvalue weighted by atomic mass is 10.2. The predicted molar refractivity (Wildman–Crippen MR) is 88.5 cm³/mol.